The van der Waals surface area contributed by atoms with E-state index in [4.69, 9.17) is 14.3 Å². The van der Waals surface area contributed by atoms with Crippen molar-refractivity contribution in [2.24, 2.45) is 0 Å². The summed E-state index contributed by atoms with van der Waals surface area (Å²) in [6.45, 7) is -0.394. The summed E-state index contributed by atoms with van der Waals surface area (Å²) in [5.74, 6) is -0.277. The molecule has 0 fully saturated rings. The minimum absolute atomic E-state index is 0.0890. The van der Waals surface area contributed by atoms with E-state index in [1.165, 1.54) is 19.2 Å². The highest BCUT2D eigenvalue weighted by atomic mass is 16.5. The predicted molar refractivity (Wildman–Crippen MR) is 60.4 cm³/mol. The normalized spacial score (nSPS) is 10.7. The summed E-state index contributed by atoms with van der Waals surface area (Å²) in [4.78, 5) is 23.4. The molecule has 0 radical (unpaired) electrons. The fourth-order valence-corrected chi connectivity index (χ4v) is 1.56. The van der Waals surface area contributed by atoms with Gasteiger partial charge in [-0.15, -0.1) is 0 Å². The molecule has 6 heteroatoms. The maximum atomic E-state index is 11.9. The van der Waals surface area contributed by atoms with Crippen LogP contribution in [0.5, 0.6) is 5.75 Å². The van der Waals surface area contributed by atoms with Crippen molar-refractivity contribution in [3.63, 3.8) is 0 Å². The number of ether oxygens (including phenoxy) is 1. The van der Waals surface area contributed by atoms with Gasteiger partial charge in [-0.1, -0.05) is 0 Å². The summed E-state index contributed by atoms with van der Waals surface area (Å²) in [5, 5.41) is 9.02. The van der Waals surface area contributed by atoms with Crippen molar-refractivity contribution in [1.82, 2.24) is 4.57 Å². The molecule has 0 aliphatic rings. The molecule has 0 spiro atoms. The predicted octanol–water partition coefficient (Wildman–Crippen LogP) is -0.0444. The Morgan fingerprint density at radius 3 is 2.82 bits per heavy atom. The van der Waals surface area contributed by atoms with Crippen LogP contribution in [-0.2, 0) is 6.54 Å². The SMILES string of the molecule is COc1ccc2oc(=O)n(CCO)c(=O)c2c1. The van der Waals surface area contributed by atoms with Crippen LogP contribution in [0.4, 0.5) is 0 Å². The number of nitrogens with zero attached hydrogens (tertiary/aromatic N) is 1. The van der Waals surface area contributed by atoms with Crippen LogP contribution >= 0.6 is 0 Å². The van der Waals surface area contributed by atoms with Crippen LogP contribution < -0.4 is 16.1 Å². The minimum atomic E-state index is -0.776. The zero-order valence-corrected chi connectivity index (χ0v) is 9.17. The van der Waals surface area contributed by atoms with E-state index in [-0.39, 0.29) is 24.1 Å². The Balaban J connectivity index is 2.79. The lowest BCUT2D eigenvalue weighted by Crippen LogP contribution is -2.33. The van der Waals surface area contributed by atoms with Crippen molar-refractivity contribution in [2.75, 3.05) is 13.7 Å². The molecule has 1 heterocycles. The molecule has 0 aliphatic heterocycles. The Bertz CT molecular complexity index is 655. The van der Waals surface area contributed by atoms with Crippen molar-refractivity contribution in [3.8, 4) is 5.75 Å². The Morgan fingerprint density at radius 2 is 2.18 bits per heavy atom. The van der Waals surface area contributed by atoms with Crippen molar-refractivity contribution in [1.29, 1.82) is 0 Å². The zero-order chi connectivity index (χ0) is 12.4. The van der Waals surface area contributed by atoms with Crippen molar-refractivity contribution < 1.29 is 14.3 Å². The van der Waals surface area contributed by atoms with Crippen LogP contribution in [-0.4, -0.2) is 23.4 Å². The number of aromatic nitrogens is 1. The molecule has 17 heavy (non-hydrogen) atoms. The standard InChI is InChI=1S/C11H11NO5/c1-16-7-2-3-9-8(6-7)10(14)12(4-5-13)11(15)17-9/h2-3,6,13H,4-5H2,1H3. The van der Waals surface area contributed by atoms with Gasteiger partial charge in [0.05, 0.1) is 25.6 Å². The number of hydrogen-bond donors (Lipinski definition) is 1. The first-order valence-corrected chi connectivity index (χ1v) is 5.00. The Morgan fingerprint density at radius 1 is 1.41 bits per heavy atom. The Labute approximate surface area is 95.7 Å². The molecule has 90 valence electrons. The van der Waals surface area contributed by atoms with Crippen LogP contribution in [0.1, 0.15) is 0 Å². The number of methoxy groups -OCH3 is 1. The molecule has 1 N–H and O–H groups in total. The third-order valence-corrected chi connectivity index (χ3v) is 2.40. The van der Waals surface area contributed by atoms with Crippen LogP contribution in [0, 0.1) is 0 Å². The van der Waals surface area contributed by atoms with Gasteiger partial charge in [-0.3, -0.25) is 4.79 Å². The van der Waals surface area contributed by atoms with Gasteiger partial charge >= 0.3 is 5.76 Å². The topological polar surface area (TPSA) is 81.7 Å². The molecular weight excluding hydrogens is 226 g/mol. The summed E-state index contributed by atoms with van der Waals surface area (Å²) in [7, 11) is 1.48. The lowest BCUT2D eigenvalue weighted by molar-refractivity contribution is 0.265. The van der Waals surface area contributed by atoms with E-state index in [0.717, 1.165) is 4.57 Å². The number of aliphatic hydroxyl groups is 1. The van der Waals surface area contributed by atoms with Gasteiger partial charge in [0.25, 0.3) is 5.56 Å². The molecule has 0 saturated heterocycles. The van der Waals surface area contributed by atoms with Crippen molar-refractivity contribution >= 4 is 11.0 Å². The van der Waals surface area contributed by atoms with E-state index in [9.17, 15) is 9.59 Å². The summed E-state index contributed by atoms with van der Waals surface area (Å²) in [5.41, 5.74) is -0.292. The van der Waals surface area contributed by atoms with E-state index < -0.39 is 11.3 Å². The van der Waals surface area contributed by atoms with Crippen LogP contribution in [0.25, 0.3) is 11.0 Å². The third kappa shape index (κ3) is 1.94. The van der Waals surface area contributed by atoms with Crippen LogP contribution in [0.2, 0.25) is 0 Å². The quantitative estimate of drug-likeness (QED) is 0.809. The zero-order valence-electron chi connectivity index (χ0n) is 9.17. The van der Waals surface area contributed by atoms with Crippen molar-refractivity contribution in [2.45, 2.75) is 6.54 Å². The first-order valence-electron chi connectivity index (χ1n) is 5.00. The lowest BCUT2D eigenvalue weighted by atomic mass is 10.2. The fraction of sp³-hybridized carbons (Fsp3) is 0.273. The van der Waals surface area contributed by atoms with E-state index in [0.29, 0.717) is 5.75 Å². The highest BCUT2D eigenvalue weighted by molar-refractivity contribution is 5.77. The van der Waals surface area contributed by atoms with Gasteiger partial charge in [-0.25, -0.2) is 9.36 Å². The summed E-state index contributed by atoms with van der Waals surface area (Å²) in [6, 6.07) is 4.59. The lowest BCUT2D eigenvalue weighted by Gasteiger charge is -2.04. The van der Waals surface area contributed by atoms with Crippen LogP contribution in [0.3, 0.4) is 0 Å². The van der Waals surface area contributed by atoms with Gasteiger partial charge in [-0.05, 0) is 18.2 Å². The molecule has 0 aliphatic carbocycles. The summed E-state index contributed by atoms with van der Waals surface area (Å²) in [6.07, 6.45) is 0. The van der Waals surface area contributed by atoms with Crippen LogP contribution in [0.15, 0.2) is 32.2 Å². The number of hydrogen-bond acceptors (Lipinski definition) is 5. The minimum Gasteiger partial charge on any atom is -0.497 e. The molecule has 1 aromatic carbocycles. The van der Waals surface area contributed by atoms with E-state index in [1.807, 2.05) is 0 Å². The molecule has 0 atom stereocenters. The van der Waals surface area contributed by atoms with Gasteiger partial charge < -0.3 is 14.3 Å². The monoisotopic (exact) mass is 237 g/mol. The van der Waals surface area contributed by atoms with Crippen molar-refractivity contribution in [3.05, 3.63) is 39.1 Å². The molecule has 0 saturated carbocycles. The van der Waals surface area contributed by atoms with Gasteiger partial charge in [0.1, 0.15) is 11.3 Å². The van der Waals surface area contributed by atoms with E-state index in [1.54, 1.807) is 6.07 Å². The second kappa shape index (κ2) is 4.42. The highest BCUT2D eigenvalue weighted by Crippen LogP contribution is 2.16. The largest absolute Gasteiger partial charge is 0.497 e. The highest BCUT2D eigenvalue weighted by Gasteiger charge is 2.09. The number of aliphatic hydroxyl groups excluding tert-OH is 1. The second-order valence-corrected chi connectivity index (χ2v) is 3.41. The average molecular weight is 237 g/mol. The first-order chi connectivity index (χ1) is 8.17. The third-order valence-electron chi connectivity index (χ3n) is 2.40. The average Bonchev–Trinajstić information content (AvgIpc) is 2.34. The molecule has 0 unspecified atom stereocenters. The smallest absolute Gasteiger partial charge is 0.422 e. The van der Waals surface area contributed by atoms with E-state index in [2.05, 4.69) is 0 Å². The molecule has 2 aromatic rings. The molecule has 2 rings (SSSR count). The number of rotatable bonds is 3. The molecule has 1 aromatic heterocycles. The molecule has 6 nitrogen and oxygen atoms in total. The number of fused-ring (bicyclic) bond motifs is 1. The van der Waals surface area contributed by atoms with Gasteiger partial charge in [-0.2, -0.15) is 0 Å². The van der Waals surface area contributed by atoms with E-state index >= 15 is 0 Å². The maximum absolute atomic E-state index is 11.9. The fourth-order valence-electron chi connectivity index (χ4n) is 1.56. The summed E-state index contributed by atoms with van der Waals surface area (Å²) < 4.78 is 10.8. The second-order valence-electron chi connectivity index (χ2n) is 3.41. The Hall–Kier alpha value is -2.08. The van der Waals surface area contributed by atoms with Gasteiger partial charge in [0.15, 0.2) is 0 Å². The molecule has 0 bridgehead atoms. The summed E-state index contributed by atoms with van der Waals surface area (Å²) >= 11 is 0. The first kappa shape index (κ1) is 11.4. The van der Waals surface area contributed by atoms with Gasteiger partial charge in [0, 0.05) is 0 Å². The molecular formula is C11H11NO5. The molecule has 0 amide bonds. The Kier molecular flexibility index (Phi) is 2.97. The maximum Gasteiger partial charge on any atom is 0.422 e. The number of benzene rings is 1. The van der Waals surface area contributed by atoms with Gasteiger partial charge in [0.2, 0.25) is 0 Å².